The first-order valence-electron chi connectivity index (χ1n) is 6.64. The average Bonchev–Trinajstić information content (AvgIpc) is 2.76. The van der Waals surface area contributed by atoms with Crippen LogP contribution in [0.2, 0.25) is 0 Å². The number of carbonyl (C=O) groups is 1. The van der Waals surface area contributed by atoms with Gasteiger partial charge in [0.2, 0.25) is 5.91 Å². The number of halogens is 1. The normalized spacial score (nSPS) is 24.8. The monoisotopic (exact) mass is 309 g/mol. The molecule has 0 aliphatic heterocycles. The molecule has 2 nitrogen and oxygen atoms in total. The standard InChI is InChI=1S/C15H20BrNO/c1-10-4-3-5-14(10)15(18)17-11(2)12-6-8-13(16)9-7-12/h6-11,14H,3-5H2,1-2H3,(H,17,18). The van der Waals surface area contributed by atoms with Crippen LogP contribution in [0.1, 0.15) is 44.7 Å². The van der Waals surface area contributed by atoms with Crippen molar-refractivity contribution < 1.29 is 4.79 Å². The van der Waals surface area contributed by atoms with E-state index in [2.05, 4.69) is 28.2 Å². The zero-order valence-electron chi connectivity index (χ0n) is 10.9. The highest BCUT2D eigenvalue weighted by Crippen LogP contribution is 2.31. The lowest BCUT2D eigenvalue weighted by Gasteiger charge is -2.20. The maximum atomic E-state index is 12.2. The molecule has 18 heavy (non-hydrogen) atoms. The lowest BCUT2D eigenvalue weighted by Crippen LogP contribution is -2.33. The van der Waals surface area contributed by atoms with Crippen molar-refractivity contribution in [3.8, 4) is 0 Å². The Morgan fingerprint density at radius 2 is 2.00 bits per heavy atom. The molecule has 3 heteroatoms. The fraction of sp³-hybridized carbons (Fsp3) is 0.533. The molecule has 1 aromatic rings. The molecule has 0 aromatic heterocycles. The van der Waals surface area contributed by atoms with Crippen molar-refractivity contribution in [3.63, 3.8) is 0 Å². The van der Waals surface area contributed by atoms with Gasteiger partial charge in [0.1, 0.15) is 0 Å². The molecule has 3 unspecified atom stereocenters. The summed E-state index contributed by atoms with van der Waals surface area (Å²) in [5, 5.41) is 3.13. The molecule has 1 fully saturated rings. The zero-order chi connectivity index (χ0) is 13.1. The summed E-state index contributed by atoms with van der Waals surface area (Å²) in [6, 6.07) is 8.20. The SMILES string of the molecule is CC(NC(=O)C1CCCC1C)c1ccc(Br)cc1. The molecule has 0 heterocycles. The van der Waals surface area contributed by atoms with E-state index in [4.69, 9.17) is 0 Å². The van der Waals surface area contributed by atoms with Gasteiger partial charge in [-0.3, -0.25) is 4.79 Å². The van der Waals surface area contributed by atoms with E-state index >= 15 is 0 Å². The van der Waals surface area contributed by atoms with Crippen molar-refractivity contribution in [1.29, 1.82) is 0 Å². The quantitative estimate of drug-likeness (QED) is 0.896. The van der Waals surface area contributed by atoms with E-state index in [9.17, 15) is 4.79 Å². The van der Waals surface area contributed by atoms with E-state index in [-0.39, 0.29) is 17.9 Å². The van der Waals surface area contributed by atoms with Crippen LogP contribution in [0, 0.1) is 11.8 Å². The Kier molecular flexibility index (Phi) is 4.44. The van der Waals surface area contributed by atoms with Gasteiger partial charge in [-0.1, -0.05) is 41.4 Å². The first-order valence-corrected chi connectivity index (χ1v) is 7.43. The lowest BCUT2D eigenvalue weighted by atomic mass is 9.96. The topological polar surface area (TPSA) is 29.1 Å². The van der Waals surface area contributed by atoms with E-state index in [1.807, 2.05) is 31.2 Å². The van der Waals surface area contributed by atoms with Gasteiger partial charge in [-0.05, 0) is 43.4 Å². The first kappa shape index (κ1) is 13.6. The van der Waals surface area contributed by atoms with Crippen LogP contribution in [-0.4, -0.2) is 5.91 Å². The molecule has 0 bridgehead atoms. The maximum absolute atomic E-state index is 12.2. The second-order valence-electron chi connectivity index (χ2n) is 5.30. The van der Waals surface area contributed by atoms with E-state index in [1.54, 1.807) is 0 Å². The third kappa shape index (κ3) is 3.14. The Labute approximate surface area is 117 Å². The van der Waals surface area contributed by atoms with Gasteiger partial charge < -0.3 is 5.32 Å². The van der Waals surface area contributed by atoms with E-state index in [1.165, 1.54) is 12.8 Å². The van der Waals surface area contributed by atoms with Gasteiger partial charge in [0.05, 0.1) is 6.04 Å². The third-order valence-electron chi connectivity index (χ3n) is 3.93. The molecule has 1 N–H and O–H groups in total. The van der Waals surface area contributed by atoms with Gasteiger partial charge in [0.15, 0.2) is 0 Å². The van der Waals surface area contributed by atoms with Crippen molar-refractivity contribution in [2.24, 2.45) is 11.8 Å². The fourth-order valence-electron chi connectivity index (χ4n) is 2.69. The van der Waals surface area contributed by atoms with Gasteiger partial charge >= 0.3 is 0 Å². The number of rotatable bonds is 3. The number of hydrogen-bond acceptors (Lipinski definition) is 1. The zero-order valence-corrected chi connectivity index (χ0v) is 12.5. The molecule has 0 radical (unpaired) electrons. The van der Waals surface area contributed by atoms with Crippen LogP contribution in [0.3, 0.4) is 0 Å². The minimum absolute atomic E-state index is 0.0819. The maximum Gasteiger partial charge on any atom is 0.223 e. The highest BCUT2D eigenvalue weighted by molar-refractivity contribution is 9.10. The minimum atomic E-state index is 0.0819. The van der Waals surface area contributed by atoms with Crippen LogP contribution < -0.4 is 5.32 Å². The molecule has 1 aromatic carbocycles. The largest absolute Gasteiger partial charge is 0.349 e. The van der Waals surface area contributed by atoms with Crippen LogP contribution >= 0.6 is 15.9 Å². The van der Waals surface area contributed by atoms with Gasteiger partial charge in [-0.2, -0.15) is 0 Å². The van der Waals surface area contributed by atoms with Crippen molar-refractivity contribution in [1.82, 2.24) is 5.32 Å². The molecular weight excluding hydrogens is 290 g/mol. The van der Waals surface area contributed by atoms with E-state index in [0.717, 1.165) is 16.5 Å². The molecule has 2 rings (SSSR count). The van der Waals surface area contributed by atoms with E-state index in [0.29, 0.717) is 5.92 Å². The smallest absolute Gasteiger partial charge is 0.223 e. The van der Waals surface area contributed by atoms with Crippen molar-refractivity contribution in [3.05, 3.63) is 34.3 Å². The molecular formula is C15H20BrNO. The molecule has 1 amide bonds. The Hall–Kier alpha value is -0.830. The Morgan fingerprint density at radius 1 is 1.33 bits per heavy atom. The third-order valence-corrected chi connectivity index (χ3v) is 4.46. The minimum Gasteiger partial charge on any atom is -0.349 e. The molecule has 98 valence electrons. The average molecular weight is 310 g/mol. The second kappa shape index (κ2) is 5.87. The van der Waals surface area contributed by atoms with Crippen molar-refractivity contribution in [2.45, 2.75) is 39.2 Å². The van der Waals surface area contributed by atoms with Crippen molar-refractivity contribution in [2.75, 3.05) is 0 Å². The summed E-state index contributed by atoms with van der Waals surface area (Å²) in [7, 11) is 0. The number of nitrogens with one attached hydrogen (secondary N) is 1. The fourth-order valence-corrected chi connectivity index (χ4v) is 2.95. The van der Waals surface area contributed by atoms with E-state index < -0.39 is 0 Å². The number of amides is 1. The van der Waals surface area contributed by atoms with Gasteiger partial charge in [-0.25, -0.2) is 0 Å². The summed E-state index contributed by atoms with van der Waals surface area (Å²) in [5.74, 6) is 0.959. The molecule has 1 saturated carbocycles. The summed E-state index contributed by atoms with van der Waals surface area (Å²) in [6.07, 6.45) is 3.41. The molecule has 1 aliphatic rings. The molecule has 3 atom stereocenters. The van der Waals surface area contributed by atoms with Crippen LogP contribution in [0.25, 0.3) is 0 Å². The number of carbonyl (C=O) groups excluding carboxylic acids is 1. The lowest BCUT2D eigenvalue weighted by molar-refractivity contribution is -0.126. The van der Waals surface area contributed by atoms with Gasteiger partial charge in [-0.15, -0.1) is 0 Å². The highest BCUT2D eigenvalue weighted by atomic mass is 79.9. The van der Waals surface area contributed by atoms with Gasteiger partial charge in [0.25, 0.3) is 0 Å². The van der Waals surface area contributed by atoms with Crippen LogP contribution in [-0.2, 0) is 4.79 Å². The Bertz CT molecular complexity index is 415. The Morgan fingerprint density at radius 3 is 2.56 bits per heavy atom. The number of hydrogen-bond donors (Lipinski definition) is 1. The Balaban J connectivity index is 1.96. The number of benzene rings is 1. The predicted molar refractivity (Wildman–Crippen MR) is 77.2 cm³/mol. The van der Waals surface area contributed by atoms with Crippen LogP contribution in [0.4, 0.5) is 0 Å². The van der Waals surface area contributed by atoms with Crippen LogP contribution in [0.15, 0.2) is 28.7 Å². The highest BCUT2D eigenvalue weighted by Gasteiger charge is 2.30. The second-order valence-corrected chi connectivity index (χ2v) is 6.21. The van der Waals surface area contributed by atoms with Crippen molar-refractivity contribution >= 4 is 21.8 Å². The summed E-state index contributed by atoms with van der Waals surface area (Å²) in [4.78, 5) is 12.2. The van der Waals surface area contributed by atoms with Crippen LogP contribution in [0.5, 0.6) is 0 Å². The molecule has 0 spiro atoms. The molecule has 1 aliphatic carbocycles. The predicted octanol–water partition coefficient (Wildman–Crippen LogP) is 4.06. The van der Waals surface area contributed by atoms with Gasteiger partial charge in [0, 0.05) is 10.4 Å². The summed E-state index contributed by atoms with van der Waals surface area (Å²) < 4.78 is 1.06. The summed E-state index contributed by atoms with van der Waals surface area (Å²) in [6.45, 7) is 4.22. The summed E-state index contributed by atoms with van der Waals surface area (Å²) in [5.41, 5.74) is 1.15. The first-order chi connectivity index (χ1) is 8.58. The summed E-state index contributed by atoms with van der Waals surface area (Å²) >= 11 is 3.42. The molecule has 0 saturated heterocycles.